The van der Waals surface area contributed by atoms with Crippen LogP contribution in [0.5, 0.6) is 0 Å². The highest BCUT2D eigenvalue weighted by molar-refractivity contribution is 5.86. The molecule has 29 heavy (non-hydrogen) atoms. The number of hydrogen-bond donors (Lipinski definition) is 2. The summed E-state index contributed by atoms with van der Waals surface area (Å²) in [4.78, 5) is 24.5. The molecule has 0 radical (unpaired) electrons. The van der Waals surface area contributed by atoms with Crippen LogP contribution in [0.1, 0.15) is 22.6 Å². The van der Waals surface area contributed by atoms with Gasteiger partial charge in [-0.3, -0.25) is 4.79 Å². The first-order valence-electron chi connectivity index (χ1n) is 9.01. The van der Waals surface area contributed by atoms with E-state index in [9.17, 15) is 23.5 Å². The number of carbonyl (C=O) groups is 2. The number of carboxylic acids is 1. The molecule has 4 nitrogen and oxygen atoms in total. The molecule has 0 spiro atoms. The lowest BCUT2D eigenvalue weighted by atomic mass is 9.85. The molecule has 2 N–H and O–H groups in total. The fourth-order valence-electron chi connectivity index (χ4n) is 3.25. The zero-order valence-electron chi connectivity index (χ0n) is 15.4. The molecule has 3 aromatic carbocycles. The highest BCUT2D eigenvalue weighted by Crippen LogP contribution is 2.28. The molecule has 0 fully saturated rings. The number of rotatable bonds is 7. The fourth-order valence-corrected chi connectivity index (χ4v) is 3.25. The monoisotopic (exact) mass is 395 g/mol. The van der Waals surface area contributed by atoms with E-state index in [1.54, 1.807) is 48.5 Å². The number of benzene rings is 3. The van der Waals surface area contributed by atoms with Crippen molar-refractivity contribution in [3.8, 4) is 0 Å². The average molecular weight is 395 g/mol. The Morgan fingerprint density at radius 3 is 1.86 bits per heavy atom. The van der Waals surface area contributed by atoms with Crippen molar-refractivity contribution in [1.29, 1.82) is 0 Å². The van der Waals surface area contributed by atoms with Crippen LogP contribution in [0.3, 0.4) is 0 Å². The van der Waals surface area contributed by atoms with Crippen LogP contribution in [-0.4, -0.2) is 23.0 Å². The minimum absolute atomic E-state index is 0.251. The lowest BCUT2D eigenvalue weighted by Crippen LogP contribution is -2.46. The SMILES string of the molecule is O=C(Cc1ccc(F)c(F)c1)N[C@@H](C(=O)O)C(c1ccccc1)c1ccccc1. The van der Waals surface area contributed by atoms with Crippen molar-refractivity contribution in [1.82, 2.24) is 5.32 Å². The van der Waals surface area contributed by atoms with Crippen LogP contribution in [0.15, 0.2) is 78.9 Å². The number of carbonyl (C=O) groups excluding carboxylic acids is 1. The van der Waals surface area contributed by atoms with Crippen molar-refractivity contribution in [2.24, 2.45) is 0 Å². The molecule has 0 aromatic heterocycles. The second-order valence-electron chi connectivity index (χ2n) is 6.61. The Bertz CT molecular complexity index is 954. The maximum Gasteiger partial charge on any atom is 0.327 e. The van der Waals surface area contributed by atoms with E-state index in [-0.39, 0.29) is 12.0 Å². The molecule has 0 aliphatic carbocycles. The van der Waals surface area contributed by atoms with Crippen molar-refractivity contribution >= 4 is 11.9 Å². The van der Waals surface area contributed by atoms with Gasteiger partial charge in [-0.2, -0.15) is 0 Å². The number of aliphatic carboxylic acids is 1. The van der Waals surface area contributed by atoms with E-state index in [0.29, 0.717) is 0 Å². The van der Waals surface area contributed by atoms with Crippen molar-refractivity contribution in [3.05, 3.63) is 107 Å². The molecule has 0 aliphatic rings. The van der Waals surface area contributed by atoms with Gasteiger partial charge in [-0.05, 0) is 28.8 Å². The first kappa shape index (κ1) is 20.2. The predicted octanol–water partition coefficient (Wildman–Crippen LogP) is 3.91. The number of amides is 1. The zero-order chi connectivity index (χ0) is 20.8. The van der Waals surface area contributed by atoms with Gasteiger partial charge in [-0.15, -0.1) is 0 Å². The van der Waals surface area contributed by atoms with Crippen molar-refractivity contribution in [2.45, 2.75) is 18.4 Å². The van der Waals surface area contributed by atoms with Crippen LogP contribution in [0.2, 0.25) is 0 Å². The molecule has 0 heterocycles. The van der Waals surface area contributed by atoms with Gasteiger partial charge in [0.1, 0.15) is 6.04 Å². The summed E-state index contributed by atoms with van der Waals surface area (Å²) in [5, 5.41) is 12.4. The molecule has 0 saturated heterocycles. The van der Waals surface area contributed by atoms with Gasteiger partial charge in [0.25, 0.3) is 0 Å². The summed E-state index contributed by atoms with van der Waals surface area (Å²) in [6.07, 6.45) is -0.267. The summed E-state index contributed by atoms with van der Waals surface area (Å²) >= 11 is 0. The summed E-state index contributed by atoms with van der Waals surface area (Å²) in [5.41, 5.74) is 1.72. The highest BCUT2D eigenvalue weighted by atomic mass is 19.2. The summed E-state index contributed by atoms with van der Waals surface area (Å²) in [5.74, 6) is -4.48. The number of hydrogen-bond acceptors (Lipinski definition) is 2. The van der Waals surface area contributed by atoms with E-state index in [0.717, 1.165) is 23.3 Å². The van der Waals surface area contributed by atoms with Gasteiger partial charge in [0.2, 0.25) is 5.91 Å². The van der Waals surface area contributed by atoms with E-state index in [4.69, 9.17) is 0 Å². The van der Waals surface area contributed by atoms with Gasteiger partial charge in [-0.25, -0.2) is 13.6 Å². The number of nitrogens with one attached hydrogen (secondary N) is 1. The Kier molecular flexibility index (Phi) is 6.34. The first-order valence-corrected chi connectivity index (χ1v) is 9.01. The van der Waals surface area contributed by atoms with Gasteiger partial charge < -0.3 is 10.4 Å². The zero-order valence-corrected chi connectivity index (χ0v) is 15.4. The number of carboxylic acid groups (broad SMARTS) is 1. The lowest BCUT2D eigenvalue weighted by Gasteiger charge is -2.26. The quantitative estimate of drug-likeness (QED) is 0.638. The molecule has 3 rings (SSSR count). The third-order valence-electron chi connectivity index (χ3n) is 4.58. The van der Waals surface area contributed by atoms with E-state index >= 15 is 0 Å². The lowest BCUT2D eigenvalue weighted by molar-refractivity contribution is -0.142. The van der Waals surface area contributed by atoms with E-state index in [2.05, 4.69) is 5.32 Å². The van der Waals surface area contributed by atoms with Crippen LogP contribution in [0, 0.1) is 11.6 Å². The van der Waals surface area contributed by atoms with Crippen LogP contribution >= 0.6 is 0 Å². The highest BCUT2D eigenvalue weighted by Gasteiger charge is 2.32. The molecule has 6 heteroatoms. The molecule has 1 amide bonds. The maximum absolute atomic E-state index is 13.4. The maximum atomic E-state index is 13.4. The molecule has 3 aromatic rings. The van der Waals surface area contributed by atoms with Crippen LogP contribution < -0.4 is 5.32 Å². The Balaban J connectivity index is 1.88. The summed E-state index contributed by atoms with van der Waals surface area (Å²) < 4.78 is 26.5. The standard InChI is InChI=1S/C23H19F2NO3/c24-18-12-11-15(13-19(18)25)14-20(27)26-22(23(28)29)21(16-7-3-1-4-8-16)17-9-5-2-6-10-17/h1-13,21-22H,14H2,(H,26,27)(H,28,29)/t22-/m1/s1. The molecule has 0 aliphatic heterocycles. The number of halogens is 2. The predicted molar refractivity (Wildman–Crippen MR) is 104 cm³/mol. The van der Waals surface area contributed by atoms with Crippen molar-refractivity contribution in [2.75, 3.05) is 0 Å². The second kappa shape index (κ2) is 9.10. The first-order chi connectivity index (χ1) is 14.0. The molecule has 1 atom stereocenters. The van der Waals surface area contributed by atoms with Gasteiger partial charge >= 0.3 is 5.97 Å². The Labute approximate surface area is 166 Å². The molecular formula is C23H19F2NO3. The summed E-state index contributed by atoms with van der Waals surface area (Å²) in [7, 11) is 0. The largest absolute Gasteiger partial charge is 0.480 e. The molecular weight excluding hydrogens is 376 g/mol. The molecule has 0 bridgehead atoms. The Morgan fingerprint density at radius 1 is 0.828 bits per heavy atom. The Morgan fingerprint density at radius 2 is 1.38 bits per heavy atom. The summed E-state index contributed by atoms with van der Waals surface area (Å²) in [6.45, 7) is 0. The smallest absolute Gasteiger partial charge is 0.327 e. The normalized spacial score (nSPS) is 11.8. The van der Waals surface area contributed by atoms with Crippen LogP contribution in [-0.2, 0) is 16.0 Å². The van der Waals surface area contributed by atoms with Gasteiger partial charge in [0.05, 0.1) is 6.42 Å². The molecule has 0 saturated carbocycles. The molecule has 0 unspecified atom stereocenters. The van der Waals surface area contributed by atoms with E-state index < -0.39 is 35.5 Å². The molecule has 148 valence electrons. The summed E-state index contributed by atoms with van der Waals surface area (Å²) in [6, 6.07) is 20.0. The van der Waals surface area contributed by atoms with E-state index in [1.165, 1.54) is 6.07 Å². The van der Waals surface area contributed by atoms with Crippen LogP contribution in [0.4, 0.5) is 8.78 Å². The van der Waals surface area contributed by atoms with Gasteiger partial charge in [0, 0.05) is 5.92 Å². The topological polar surface area (TPSA) is 66.4 Å². The van der Waals surface area contributed by atoms with E-state index in [1.807, 2.05) is 12.1 Å². The average Bonchev–Trinajstić information content (AvgIpc) is 2.72. The third kappa shape index (κ3) is 5.04. The second-order valence-corrected chi connectivity index (χ2v) is 6.61. The fraction of sp³-hybridized carbons (Fsp3) is 0.130. The van der Waals surface area contributed by atoms with Gasteiger partial charge in [-0.1, -0.05) is 66.7 Å². The van der Waals surface area contributed by atoms with Crippen molar-refractivity contribution in [3.63, 3.8) is 0 Å². The third-order valence-corrected chi connectivity index (χ3v) is 4.58. The van der Waals surface area contributed by atoms with Crippen molar-refractivity contribution < 1.29 is 23.5 Å². The minimum atomic E-state index is -1.24. The Hall–Kier alpha value is -3.54. The minimum Gasteiger partial charge on any atom is -0.480 e. The van der Waals surface area contributed by atoms with Gasteiger partial charge in [0.15, 0.2) is 11.6 Å². The van der Waals surface area contributed by atoms with Crippen LogP contribution in [0.25, 0.3) is 0 Å².